The summed E-state index contributed by atoms with van der Waals surface area (Å²) in [4.78, 5) is 13.3. The molecule has 2 nitrogen and oxygen atoms in total. The molecule has 3 heteroatoms. The van der Waals surface area contributed by atoms with Crippen LogP contribution in [0.5, 0.6) is 0 Å². The van der Waals surface area contributed by atoms with Gasteiger partial charge < -0.3 is 4.74 Å². The molecular formula is C28H50O2S. The number of thiophene rings is 1. The Hall–Kier alpha value is -0.830. The molecule has 0 N–H and O–H groups in total. The van der Waals surface area contributed by atoms with Crippen LogP contribution >= 0.6 is 11.3 Å². The van der Waals surface area contributed by atoms with Crippen LogP contribution in [0.4, 0.5) is 0 Å². The lowest BCUT2D eigenvalue weighted by Crippen LogP contribution is -2.05. The van der Waals surface area contributed by atoms with Crippen molar-refractivity contribution < 1.29 is 9.53 Å². The van der Waals surface area contributed by atoms with Crippen LogP contribution in [0, 0.1) is 0 Å². The van der Waals surface area contributed by atoms with Crippen molar-refractivity contribution in [3.8, 4) is 0 Å². The zero-order valence-corrected chi connectivity index (χ0v) is 21.3. The summed E-state index contributed by atoms with van der Waals surface area (Å²) in [7, 11) is 0. The molecule has 0 spiro atoms. The van der Waals surface area contributed by atoms with Gasteiger partial charge in [-0.1, -0.05) is 116 Å². The average molecular weight is 451 g/mol. The summed E-state index contributed by atoms with van der Waals surface area (Å²) in [5.74, 6) is 0.0154. The van der Waals surface area contributed by atoms with E-state index in [4.69, 9.17) is 4.74 Å². The highest BCUT2D eigenvalue weighted by Gasteiger charge is 2.02. The Morgan fingerprint density at radius 2 is 1.23 bits per heavy atom. The number of carbonyl (C=O) groups is 1. The average Bonchev–Trinajstić information content (AvgIpc) is 3.29. The largest absolute Gasteiger partial charge is 0.466 e. The lowest BCUT2D eigenvalue weighted by Gasteiger charge is -2.05. The Bertz CT molecular complexity index is 483. The molecule has 1 aromatic rings. The molecule has 0 aliphatic carbocycles. The lowest BCUT2D eigenvalue weighted by molar-refractivity contribution is -0.143. The van der Waals surface area contributed by atoms with Crippen molar-refractivity contribution in [2.75, 3.05) is 6.61 Å². The Morgan fingerprint density at radius 1 is 0.710 bits per heavy atom. The summed E-state index contributed by atoms with van der Waals surface area (Å²) in [5, 5.41) is 2.17. The Balaban J connectivity index is 1.71. The summed E-state index contributed by atoms with van der Waals surface area (Å²) in [5.41, 5.74) is 0. The van der Waals surface area contributed by atoms with Gasteiger partial charge in [0.2, 0.25) is 0 Å². The zero-order valence-electron chi connectivity index (χ0n) is 20.5. The molecule has 1 rings (SSSR count). The van der Waals surface area contributed by atoms with Gasteiger partial charge in [-0.3, -0.25) is 4.79 Å². The first-order valence-electron chi connectivity index (χ1n) is 13.5. The van der Waals surface area contributed by atoms with E-state index < -0.39 is 0 Å². The molecule has 180 valence electrons. The second-order valence-electron chi connectivity index (χ2n) is 9.16. The highest BCUT2D eigenvalue weighted by atomic mass is 32.1. The second-order valence-corrected chi connectivity index (χ2v) is 10.2. The van der Waals surface area contributed by atoms with Crippen molar-refractivity contribution in [1.82, 2.24) is 0 Å². The standard InChI is InChI=1S/C28H50O2S/c1-2-3-4-5-6-7-11-14-17-20-25-30-28(29)24-19-16-13-10-8-9-12-15-18-22-27-23-21-26-31-27/h21,23,26H,2-20,22,24-25H2,1H3. The molecular weight excluding hydrogens is 400 g/mol. The third-order valence-corrected chi connectivity index (χ3v) is 7.08. The molecule has 1 aromatic heterocycles. The molecule has 0 aliphatic rings. The smallest absolute Gasteiger partial charge is 0.305 e. The van der Waals surface area contributed by atoms with Gasteiger partial charge in [0, 0.05) is 11.3 Å². The molecule has 0 aliphatic heterocycles. The first-order valence-corrected chi connectivity index (χ1v) is 14.4. The monoisotopic (exact) mass is 450 g/mol. The SMILES string of the molecule is CCCCCCCCCCCCOC(=O)CCCCCCCCCCCc1cccs1. The predicted molar refractivity (Wildman–Crippen MR) is 137 cm³/mol. The van der Waals surface area contributed by atoms with Crippen molar-refractivity contribution in [1.29, 1.82) is 0 Å². The van der Waals surface area contributed by atoms with Gasteiger partial charge in [-0.05, 0) is 37.1 Å². The Kier molecular flexibility index (Phi) is 20.3. The first kappa shape index (κ1) is 28.2. The molecule has 0 radical (unpaired) electrons. The van der Waals surface area contributed by atoms with E-state index in [1.165, 1.54) is 120 Å². The van der Waals surface area contributed by atoms with Crippen molar-refractivity contribution >= 4 is 17.3 Å². The van der Waals surface area contributed by atoms with E-state index in [0.717, 1.165) is 12.8 Å². The normalized spacial score (nSPS) is 11.1. The van der Waals surface area contributed by atoms with Crippen LogP contribution in [0.3, 0.4) is 0 Å². The number of unbranched alkanes of at least 4 members (excludes halogenated alkanes) is 17. The van der Waals surface area contributed by atoms with Crippen molar-refractivity contribution in [2.24, 2.45) is 0 Å². The fraction of sp³-hybridized carbons (Fsp3) is 0.821. The predicted octanol–water partition coefficient (Wildman–Crippen LogP) is 9.66. The number of hydrogen-bond acceptors (Lipinski definition) is 3. The van der Waals surface area contributed by atoms with Crippen LogP contribution in [-0.2, 0) is 16.0 Å². The van der Waals surface area contributed by atoms with Gasteiger partial charge in [-0.25, -0.2) is 0 Å². The van der Waals surface area contributed by atoms with E-state index in [0.29, 0.717) is 13.0 Å². The van der Waals surface area contributed by atoms with Gasteiger partial charge >= 0.3 is 5.97 Å². The topological polar surface area (TPSA) is 26.3 Å². The molecule has 0 unspecified atom stereocenters. The summed E-state index contributed by atoms with van der Waals surface area (Å²) >= 11 is 1.88. The summed E-state index contributed by atoms with van der Waals surface area (Å²) in [6.45, 7) is 2.90. The van der Waals surface area contributed by atoms with Crippen LogP contribution in [0.1, 0.15) is 140 Å². The van der Waals surface area contributed by atoms with Crippen LogP contribution < -0.4 is 0 Å². The van der Waals surface area contributed by atoms with Crippen molar-refractivity contribution in [3.05, 3.63) is 22.4 Å². The molecule has 0 atom stereocenters. The molecule has 0 aromatic carbocycles. The first-order chi connectivity index (χ1) is 15.3. The van der Waals surface area contributed by atoms with Crippen molar-refractivity contribution in [3.63, 3.8) is 0 Å². The molecule has 0 amide bonds. The summed E-state index contributed by atoms with van der Waals surface area (Å²) < 4.78 is 5.39. The number of carbonyl (C=O) groups excluding carboxylic acids is 1. The molecule has 31 heavy (non-hydrogen) atoms. The summed E-state index contributed by atoms with van der Waals surface area (Å²) in [6, 6.07) is 4.40. The van der Waals surface area contributed by atoms with Crippen molar-refractivity contribution in [2.45, 2.75) is 142 Å². The minimum absolute atomic E-state index is 0.0154. The third kappa shape index (κ3) is 19.6. The second kappa shape index (κ2) is 22.4. The van der Waals surface area contributed by atoms with Gasteiger partial charge in [-0.15, -0.1) is 11.3 Å². The Labute approximate surface area is 197 Å². The number of esters is 1. The highest BCUT2D eigenvalue weighted by molar-refractivity contribution is 7.09. The Morgan fingerprint density at radius 3 is 1.77 bits per heavy atom. The summed E-state index contributed by atoms with van der Waals surface area (Å²) in [6.07, 6.45) is 26.6. The molecule has 1 heterocycles. The van der Waals surface area contributed by atoms with Crippen LogP contribution in [0.25, 0.3) is 0 Å². The molecule has 0 saturated carbocycles. The van der Waals surface area contributed by atoms with Gasteiger partial charge in [0.1, 0.15) is 0 Å². The van der Waals surface area contributed by atoms with E-state index in [9.17, 15) is 4.79 Å². The molecule has 0 bridgehead atoms. The van der Waals surface area contributed by atoms with E-state index in [1.807, 2.05) is 11.3 Å². The maximum absolute atomic E-state index is 11.8. The number of rotatable bonds is 23. The van der Waals surface area contributed by atoms with E-state index in [-0.39, 0.29) is 5.97 Å². The van der Waals surface area contributed by atoms with Gasteiger partial charge in [0.05, 0.1) is 6.61 Å². The number of aryl methyl sites for hydroxylation is 1. The highest BCUT2D eigenvalue weighted by Crippen LogP contribution is 2.15. The van der Waals surface area contributed by atoms with E-state index in [1.54, 1.807) is 0 Å². The van der Waals surface area contributed by atoms with Crippen LogP contribution in [-0.4, -0.2) is 12.6 Å². The molecule has 0 saturated heterocycles. The van der Waals surface area contributed by atoms with E-state index >= 15 is 0 Å². The number of ether oxygens (including phenoxy) is 1. The van der Waals surface area contributed by atoms with Gasteiger partial charge in [0.25, 0.3) is 0 Å². The quantitative estimate of drug-likeness (QED) is 0.122. The van der Waals surface area contributed by atoms with Crippen LogP contribution in [0.15, 0.2) is 17.5 Å². The lowest BCUT2D eigenvalue weighted by atomic mass is 10.1. The minimum Gasteiger partial charge on any atom is -0.466 e. The van der Waals surface area contributed by atoms with Crippen LogP contribution in [0.2, 0.25) is 0 Å². The molecule has 0 fully saturated rings. The van der Waals surface area contributed by atoms with Gasteiger partial charge in [0.15, 0.2) is 0 Å². The number of hydrogen-bond donors (Lipinski definition) is 0. The zero-order chi connectivity index (χ0) is 22.2. The third-order valence-electron chi connectivity index (χ3n) is 6.15. The maximum atomic E-state index is 11.8. The fourth-order valence-electron chi connectivity index (χ4n) is 4.11. The van der Waals surface area contributed by atoms with Gasteiger partial charge in [-0.2, -0.15) is 0 Å². The van der Waals surface area contributed by atoms with E-state index in [2.05, 4.69) is 24.4 Å². The minimum atomic E-state index is 0.0154. The fourth-order valence-corrected chi connectivity index (χ4v) is 4.86. The maximum Gasteiger partial charge on any atom is 0.305 e.